The topological polar surface area (TPSA) is 78.1 Å². The summed E-state index contributed by atoms with van der Waals surface area (Å²) in [4.78, 5) is 15.9. The summed E-state index contributed by atoms with van der Waals surface area (Å²) in [6.45, 7) is 4.64. The van der Waals surface area contributed by atoms with Gasteiger partial charge in [-0.15, -0.1) is 0 Å². The molecule has 0 saturated heterocycles. The molecule has 4 aromatic heterocycles. The molecular weight excluding hydrogens is 739 g/mol. The van der Waals surface area contributed by atoms with Crippen LogP contribution in [0.25, 0.3) is 122 Å². The molecule has 0 aliphatic heterocycles. The van der Waals surface area contributed by atoms with Gasteiger partial charge in [0.1, 0.15) is 33.5 Å². The van der Waals surface area contributed by atoms with Crippen molar-refractivity contribution >= 4 is 65.8 Å². The third kappa shape index (κ3) is 4.61. The van der Waals surface area contributed by atoms with E-state index in [2.05, 4.69) is 105 Å². The lowest BCUT2D eigenvalue weighted by Gasteiger charge is -2.21. The largest absolute Gasteiger partial charge is 0.456 e. The number of rotatable bonds is 4. The minimum absolute atomic E-state index is 0.102. The molecule has 0 atom stereocenters. The molecule has 1 aliphatic carbocycles. The first-order valence-electron chi connectivity index (χ1n) is 20.3. The molecule has 0 unspecified atom stereocenters. The molecule has 0 radical (unpaired) electrons. The fraction of sp³-hybridized carbons (Fsp3) is 0.0556. The Kier molecular flexibility index (Phi) is 6.69. The zero-order valence-electron chi connectivity index (χ0n) is 32.7. The van der Waals surface area contributed by atoms with E-state index in [1.54, 1.807) is 0 Å². The predicted molar refractivity (Wildman–Crippen MR) is 241 cm³/mol. The maximum Gasteiger partial charge on any atom is 0.167 e. The highest BCUT2D eigenvalue weighted by Gasteiger charge is 2.36. The molecule has 0 amide bonds. The van der Waals surface area contributed by atoms with Crippen LogP contribution in [0.3, 0.4) is 0 Å². The maximum absolute atomic E-state index is 6.61. The lowest BCUT2D eigenvalue weighted by atomic mass is 9.82. The third-order valence-electron chi connectivity index (χ3n) is 12.6. The van der Waals surface area contributed by atoms with Crippen LogP contribution < -0.4 is 0 Å². The van der Waals surface area contributed by atoms with Crippen molar-refractivity contribution in [3.8, 4) is 56.4 Å². The monoisotopic (exact) mass is 771 g/mol. The van der Waals surface area contributed by atoms with Crippen LogP contribution in [0.2, 0.25) is 0 Å². The lowest BCUT2D eigenvalue weighted by molar-refractivity contribution is 0.660. The van der Waals surface area contributed by atoms with Crippen LogP contribution in [0.5, 0.6) is 0 Å². The highest BCUT2D eigenvalue weighted by atomic mass is 16.3. The van der Waals surface area contributed by atoms with Gasteiger partial charge in [0.05, 0.1) is 5.56 Å². The standard InChI is InChI=1S/C54H33N3O3/c1-54(2)40-21-6-3-14-34(40)47-31(16-10-22-41(47)54)30-27-28-44-39(29-30)49-37(19-12-26-46(49)59-44)52-55-51(36-18-11-25-45-48(36)35-15-5-8-24-43(35)58-45)56-53(57-52)38-20-9-17-33-32-13-4-7-23-42(32)60-50(33)38/h3-29H,1-2H3. The van der Waals surface area contributed by atoms with Crippen molar-refractivity contribution in [2.45, 2.75) is 19.3 Å². The molecule has 0 fully saturated rings. The van der Waals surface area contributed by atoms with Gasteiger partial charge in [-0.05, 0) is 75.8 Å². The molecule has 60 heavy (non-hydrogen) atoms. The predicted octanol–water partition coefficient (Wildman–Crippen LogP) is 14.5. The normalized spacial score (nSPS) is 13.3. The van der Waals surface area contributed by atoms with E-state index in [1.165, 1.54) is 27.8 Å². The lowest BCUT2D eigenvalue weighted by Crippen LogP contribution is -2.14. The van der Waals surface area contributed by atoms with Gasteiger partial charge in [-0.3, -0.25) is 0 Å². The summed E-state index contributed by atoms with van der Waals surface area (Å²) in [7, 11) is 0. The summed E-state index contributed by atoms with van der Waals surface area (Å²) >= 11 is 0. The molecule has 282 valence electrons. The van der Waals surface area contributed by atoms with E-state index in [1.807, 2.05) is 72.8 Å². The fourth-order valence-electron chi connectivity index (χ4n) is 9.80. The first-order chi connectivity index (χ1) is 29.5. The molecule has 13 rings (SSSR count). The van der Waals surface area contributed by atoms with E-state index < -0.39 is 0 Å². The number of benzene rings is 8. The summed E-state index contributed by atoms with van der Waals surface area (Å²) < 4.78 is 19.5. The van der Waals surface area contributed by atoms with Crippen LogP contribution in [-0.2, 0) is 5.41 Å². The van der Waals surface area contributed by atoms with Gasteiger partial charge in [0.2, 0.25) is 0 Å². The van der Waals surface area contributed by atoms with Gasteiger partial charge in [0, 0.05) is 48.9 Å². The molecule has 0 saturated carbocycles. The Balaban J connectivity index is 1.07. The molecule has 0 bridgehead atoms. The average Bonchev–Trinajstić information content (AvgIpc) is 4.04. The Hall–Kier alpha value is -7.83. The van der Waals surface area contributed by atoms with E-state index >= 15 is 0 Å². The van der Waals surface area contributed by atoms with Gasteiger partial charge < -0.3 is 13.3 Å². The molecule has 0 spiro atoms. The van der Waals surface area contributed by atoms with Crippen molar-refractivity contribution in [3.63, 3.8) is 0 Å². The highest BCUT2D eigenvalue weighted by Crippen LogP contribution is 2.52. The van der Waals surface area contributed by atoms with Crippen LogP contribution in [0, 0.1) is 0 Å². The molecule has 4 heterocycles. The highest BCUT2D eigenvalue weighted by molar-refractivity contribution is 6.15. The minimum atomic E-state index is -0.102. The molecule has 1 aliphatic rings. The van der Waals surface area contributed by atoms with Gasteiger partial charge in [-0.1, -0.05) is 135 Å². The van der Waals surface area contributed by atoms with Crippen molar-refractivity contribution in [1.82, 2.24) is 15.0 Å². The van der Waals surface area contributed by atoms with Crippen LogP contribution in [0.15, 0.2) is 177 Å². The van der Waals surface area contributed by atoms with E-state index in [0.29, 0.717) is 17.5 Å². The summed E-state index contributed by atoms with van der Waals surface area (Å²) in [6.07, 6.45) is 0. The zero-order valence-corrected chi connectivity index (χ0v) is 32.7. The summed E-state index contributed by atoms with van der Waals surface area (Å²) in [6, 6.07) is 56.6. The van der Waals surface area contributed by atoms with Crippen LogP contribution in [-0.4, -0.2) is 15.0 Å². The molecule has 12 aromatic rings. The van der Waals surface area contributed by atoms with Crippen molar-refractivity contribution in [2.75, 3.05) is 0 Å². The molecule has 8 aromatic carbocycles. The van der Waals surface area contributed by atoms with Crippen molar-refractivity contribution < 1.29 is 13.3 Å². The number of fused-ring (bicyclic) bond motifs is 12. The van der Waals surface area contributed by atoms with Crippen molar-refractivity contribution in [2.24, 2.45) is 0 Å². The maximum atomic E-state index is 6.61. The molecular formula is C54H33N3O3. The Morgan fingerprint density at radius 2 is 0.867 bits per heavy atom. The van der Waals surface area contributed by atoms with Crippen LogP contribution in [0.4, 0.5) is 0 Å². The molecule has 6 heteroatoms. The van der Waals surface area contributed by atoms with E-state index in [-0.39, 0.29) is 5.41 Å². The third-order valence-corrected chi connectivity index (χ3v) is 12.6. The number of furan rings is 3. The van der Waals surface area contributed by atoms with Gasteiger partial charge in [0.15, 0.2) is 17.5 Å². The SMILES string of the molecule is CC1(C)c2ccccc2-c2c(-c3ccc4oc5cccc(-c6nc(-c7cccc8c7oc7ccccc78)nc(-c7cccc8oc9ccccc9c78)n6)c5c4c3)cccc21. The van der Waals surface area contributed by atoms with Crippen molar-refractivity contribution in [1.29, 1.82) is 0 Å². The number of para-hydroxylation sites is 3. The van der Waals surface area contributed by atoms with E-state index in [9.17, 15) is 0 Å². The second-order valence-corrected chi connectivity index (χ2v) is 16.3. The first-order valence-corrected chi connectivity index (χ1v) is 20.3. The van der Waals surface area contributed by atoms with Gasteiger partial charge in [-0.2, -0.15) is 0 Å². The Morgan fingerprint density at radius 1 is 0.367 bits per heavy atom. The number of nitrogens with zero attached hydrogens (tertiary/aromatic N) is 3. The molecule has 6 nitrogen and oxygen atoms in total. The van der Waals surface area contributed by atoms with Gasteiger partial charge >= 0.3 is 0 Å². The van der Waals surface area contributed by atoms with Crippen LogP contribution in [0.1, 0.15) is 25.0 Å². The Labute approximate surface area is 343 Å². The number of hydrogen-bond donors (Lipinski definition) is 0. The minimum Gasteiger partial charge on any atom is -0.456 e. The van der Waals surface area contributed by atoms with E-state index in [0.717, 1.165) is 88.1 Å². The van der Waals surface area contributed by atoms with Gasteiger partial charge in [0.25, 0.3) is 0 Å². The first kappa shape index (κ1) is 33.2. The fourth-order valence-corrected chi connectivity index (χ4v) is 9.80. The number of hydrogen-bond acceptors (Lipinski definition) is 6. The van der Waals surface area contributed by atoms with Crippen molar-refractivity contribution in [3.05, 3.63) is 175 Å². The van der Waals surface area contributed by atoms with Crippen LogP contribution >= 0.6 is 0 Å². The Morgan fingerprint density at radius 3 is 1.63 bits per heavy atom. The van der Waals surface area contributed by atoms with Gasteiger partial charge in [-0.25, -0.2) is 15.0 Å². The number of aromatic nitrogens is 3. The average molecular weight is 772 g/mol. The second-order valence-electron chi connectivity index (χ2n) is 16.3. The Bertz CT molecular complexity index is 3770. The summed E-state index contributed by atoms with van der Waals surface area (Å²) in [5, 5.41) is 5.94. The van der Waals surface area contributed by atoms with E-state index in [4.69, 9.17) is 28.2 Å². The smallest absolute Gasteiger partial charge is 0.167 e. The second kappa shape index (κ2) is 12.1. The summed E-state index contributed by atoms with van der Waals surface area (Å²) in [5.74, 6) is 1.57. The quantitative estimate of drug-likeness (QED) is 0.177. The molecule has 0 N–H and O–H groups in total. The zero-order chi connectivity index (χ0) is 39.7. The summed E-state index contributed by atoms with van der Waals surface area (Å²) in [5.41, 5.74) is 14.6.